The van der Waals surface area contributed by atoms with Gasteiger partial charge < -0.3 is 15.7 Å². The topological polar surface area (TPSA) is 85.2 Å². The maximum atomic E-state index is 11.4. The molecule has 1 aromatic carbocycles. The second-order valence-electron chi connectivity index (χ2n) is 3.71. The van der Waals surface area contributed by atoms with Gasteiger partial charge in [-0.15, -0.1) is 0 Å². The van der Waals surface area contributed by atoms with Crippen LogP contribution in [0.15, 0.2) is 24.3 Å². The number of carbonyl (C=O) groups is 1. The first kappa shape index (κ1) is 13.0. The molecule has 5 heteroatoms. The van der Waals surface area contributed by atoms with E-state index in [1.165, 1.54) is 0 Å². The van der Waals surface area contributed by atoms with Crippen molar-refractivity contribution >= 4 is 11.7 Å². The molecule has 0 aliphatic carbocycles. The molecule has 0 heterocycles. The molecular weight excluding hydrogens is 218 g/mol. The molecular formula is C12H15N3O2. The third kappa shape index (κ3) is 5.00. The summed E-state index contributed by atoms with van der Waals surface area (Å²) < 4.78 is 0. The zero-order chi connectivity index (χ0) is 12.7. The van der Waals surface area contributed by atoms with E-state index in [1.54, 1.807) is 31.2 Å². The number of rotatable bonds is 4. The Kier molecular flexibility index (Phi) is 4.98. The Labute approximate surface area is 100 Å². The largest absolute Gasteiger partial charge is 0.393 e. The summed E-state index contributed by atoms with van der Waals surface area (Å²) in [6, 6.07) is 8.25. The van der Waals surface area contributed by atoms with E-state index in [2.05, 4.69) is 10.6 Å². The quantitative estimate of drug-likeness (QED) is 0.735. The highest BCUT2D eigenvalue weighted by Gasteiger charge is 2.02. The highest BCUT2D eigenvalue weighted by Crippen LogP contribution is 2.08. The second kappa shape index (κ2) is 6.51. The Morgan fingerprint density at radius 2 is 2.12 bits per heavy atom. The fourth-order valence-corrected chi connectivity index (χ4v) is 1.20. The van der Waals surface area contributed by atoms with Gasteiger partial charge >= 0.3 is 6.03 Å². The number of aliphatic hydroxyl groups excluding tert-OH is 1. The number of hydrogen-bond donors (Lipinski definition) is 3. The van der Waals surface area contributed by atoms with E-state index in [0.717, 1.165) is 0 Å². The molecule has 17 heavy (non-hydrogen) atoms. The second-order valence-corrected chi connectivity index (χ2v) is 3.71. The third-order valence-corrected chi connectivity index (χ3v) is 2.12. The highest BCUT2D eigenvalue weighted by molar-refractivity contribution is 5.89. The average Bonchev–Trinajstić information content (AvgIpc) is 2.29. The molecule has 1 atom stereocenters. The van der Waals surface area contributed by atoms with Gasteiger partial charge in [-0.05, 0) is 37.6 Å². The number of nitrogens with zero attached hydrogens (tertiary/aromatic N) is 1. The summed E-state index contributed by atoms with van der Waals surface area (Å²) in [6.45, 7) is 2.08. The van der Waals surface area contributed by atoms with Crippen molar-refractivity contribution in [1.29, 1.82) is 5.26 Å². The summed E-state index contributed by atoms with van der Waals surface area (Å²) in [5.41, 5.74) is 1.17. The molecule has 0 bridgehead atoms. The Hall–Kier alpha value is -2.06. The van der Waals surface area contributed by atoms with E-state index in [0.29, 0.717) is 24.2 Å². The molecule has 90 valence electrons. The summed E-state index contributed by atoms with van der Waals surface area (Å²) in [5, 5.41) is 22.9. The first-order valence-corrected chi connectivity index (χ1v) is 5.35. The van der Waals surface area contributed by atoms with Crippen LogP contribution in [0.5, 0.6) is 0 Å². The van der Waals surface area contributed by atoms with Crippen LogP contribution in [-0.4, -0.2) is 23.8 Å². The van der Waals surface area contributed by atoms with E-state index in [4.69, 9.17) is 10.4 Å². The number of benzene rings is 1. The van der Waals surface area contributed by atoms with Crippen molar-refractivity contribution in [2.75, 3.05) is 11.9 Å². The molecule has 1 unspecified atom stereocenters. The molecule has 0 saturated heterocycles. The summed E-state index contributed by atoms with van der Waals surface area (Å²) in [7, 11) is 0. The van der Waals surface area contributed by atoms with Crippen LogP contribution >= 0.6 is 0 Å². The molecule has 0 aliphatic rings. The molecule has 0 aromatic heterocycles. The Morgan fingerprint density at radius 1 is 1.47 bits per heavy atom. The van der Waals surface area contributed by atoms with Gasteiger partial charge in [-0.3, -0.25) is 0 Å². The minimum absolute atomic E-state index is 0.324. The number of hydrogen-bond acceptors (Lipinski definition) is 3. The van der Waals surface area contributed by atoms with Crippen molar-refractivity contribution in [3.63, 3.8) is 0 Å². The lowest BCUT2D eigenvalue weighted by Crippen LogP contribution is -2.30. The number of carbonyl (C=O) groups excluding carboxylic acids is 1. The lowest BCUT2D eigenvalue weighted by molar-refractivity contribution is 0.184. The molecule has 0 spiro atoms. The van der Waals surface area contributed by atoms with Crippen molar-refractivity contribution in [3.05, 3.63) is 29.8 Å². The first-order chi connectivity index (χ1) is 8.11. The number of urea groups is 1. The predicted octanol–water partition coefficient (Wildman–Crippen LogP) is 1.45. The average molecular weight is 233 g/mol. The lowest BCUT2D eigenvalue weighted by atomic mass is 10.2. The summed E-state index contributed by atoms with van der Waals surface area (Å²) in [5.74, 6) is 0. The van der Waals surface area contributed by atoms with Crippen molar-refractivity contribution in [2.24, 2.45) is 0 Å². The predicted molar refractivity (Wildman–Crippen MR) is 64.5 cm³/mol. The molecule has 1 rings (SSSR count). The zero-order valence-corrected chi connectivity index (χ0v) is 9.60. The monoisotopic (exact) mass is 233 g/mol. The Morgan fingerprint density at radius 3 is 2.65 bits per heavy atom. The van der Waals surface area contributed by atoms with Gasteiger partial charge in [0, 0.05) is 12.2 Å². The summed E-state index contributed by atoms with van der Waals surface area (Å²) >= 11 is 0. The fraction of sp³-hybridized carbons (Fsp3) is 0.333. The van der Waals surface area contributed by atoms with Crippen molar-refractivity contribution in [1.82, 2.24) is 5.32 Å². The van der Waals surface area contributed by atoms with E-state index in [9.17, 15) is 4.79 Å². The molecule has 0 saturated carbocycles. The Bertz CT molecular complexity index is 407. The van der Waals surface area contributed by atoms with Gasteiger partial charge in [0.05, 0.1) is 17.7 Å². The summed E-state index contributed by atoms with van der Waals surface area (Å²) in [4.78, 5) is 11.4. The van der Waals surface area contributed by atoms with Gasteiger partial charge in [0.1, 0.15) is 0 Å². The molecule has 2 amide bonds. The SMILES string of the molecule is CC(O)CCNC(=O)Nc1ccc(C#N)cc1. The standard InChI is InChI=1S/C12H15N3O2/c1-9(16)6-7-14-12(17)15-11-4-2-10(8-13)3-5-11/h2-5,9,16H,6-7H2,1H3,(H2,14,15,17). The molecule has 0 aliphatic heterocycles. The number of nitriles is 1. The molecule has 3 N–H and O–H groups in total. The van der Waals surface area contributed by atoms with Crippen LogP contribution < -0.4 is 10.6 Å². The number of nitrogens with one attached hydrogen (secondary N) is 2. The molecule has 0 radical (unpaired) electrons. The van der Waals surface area contributed by atoms with Gasteiger partial charge in [0.2, 0.25) is 0 Å². The van der Waals surface area contributed by atoms with Gasteiger partial charge in [-0.2, -0.15) is 5.26 Å². The minimum Gasteiger partial charge on any atom is -0.393 e. The van der Waals surface area contributed by atoms with Crippen molar-refractivity contribution < 1.29 is 9.90 Å². The molecule has 1 aromatic rings. The maximum absolute atomic E-state index is 11.4. The summed E-state index contributed by atoms with van der Waals surface area (Å²) in [6.07, 6.45) is 0.0889. The van der Waals surface area contributed by atoms with E-state index >= 15 is 0 Å². The third-order valence-electron chi connectivity index (χ3n) is 2.12. The van der Waals surface area contributed by atoms with Gasteiger partial charge in [-0.1, -0.05) is 0 Å². The zero-order valence-electron chi connectivity index (χ0n) is 9.60. The van der Waals surface area contributed by atoms with Gasteiger partial charge in [0.15, 0.2) is 0 Å². The van der Waals surface area contributed by atoms with Crippen LogP contribution in [-0.2, 0) is 0 Å². The lowest BCUT2D eigenvalue weighted by Gasteiger charge is -2.08. The van der Waals surface area contributed by atoms with E-state index in [-0.39, 0.29) is 6.03 Å². The maximum Gasteiger partial charge on any atom is 0.319 e. The normalized spacial score (nSPS) is 11.4. The van der Waals surface area contributed by atoms with Crippen LogP contribution in [0.2, 0.25) is 0 Å². The highest BCUT2D eigenvalue weighted by atomic mass is 16.3. The van der Waals surface area contributed by atoms with Gasteiger partial charge in [0.25, 0.3) is 0 Å². The van der Waals surface area contributed by atoms with Crippen molar-refractivity contribution in [2.45, 2.75) is 19.4 Å². The first-order valence-electron chi connectivity index (χ1n) is 5.35. The van der Waals surface area contributed by atoms with Crippen LogP contribution in [0.25, 0.3) is 0 Å². The number of amides is 2. The van der Waals surface area contributed by atoms with Crippen molar-refractivity contribution in [3.8, 4) is 6.07 Å². The van der Waals surface area contributed by atoms with Crippen LogP contribution in [0.1, 0.15) is 18.9 Å². The van der Waals surface area contributed by atoms with Crippen LogP contribution in [0.3, 0.4) is 0 Å². The molecule has 0 fully saturated rings. The molecule has 5 nitrogen and oxygen atoms in total. The number of aliphatic hydroxyl groups is 1. The van der Waals surface area contributed by atoms with E-state index < -0.39 is 6.10 Å². The minimum atomic E-state index is -0.426. The number of anilines is 1. The van der Waals surface area contributed by atoms with Crippen LogP contribution in [0.4, 0.5) is 10.5 Å². The van der Waals surface area contributed by atoms with Gasteiger partial charge in [-0.25, -0.2) is 4.79 Å². The Balaban J connectivity index is 2.37. The van der Waals surface area contributed by atoms with Crippen LogP contribution in [0, 0.1) is 11.3 Å². The van der Waals surface area contributed by atoms with E-state index in [1.807, 2.05) is 6.07 Å². The fourth-order valence-electron chi connectivity index (χ4n) is 1.20. The smallest absolute Gasteiger partial charge is 0.319 e.